The number of rotatable bonds is 4. The number of anilines is 1. The van der Waals surface area contributed by atoms with Gasteiger partial charge in [0, 0.05) is 18.1 Å². The van der Waals surface area contributed by atoms with E-state index in [4.69, 9.17) is 11.6 Å². The molecule has 2 N–H and O–H groups in total. The van der Waals surface area contributed by atoms with E-state index in [-0.39, 0.29) is 38.2 Å². The Labute approximate surface area is 171 Å². The smallest absolute Gasteiger partial charge is 0.261 e. The second-order valence-electron chi connectivity index (χ2n) is 6.79. The molecule has 2 heterocycles. The van der Waals surface area contributed by atoms with Crippen LogP contribution in [0.2, 0.25) is 5.02 Å². The molecule has 3 amide bonds. The highest BCUT2D eigenvalue weighted by Crippen LogP contribution is 2.28. The van der Waals surface area contributed by atoms with Crippen molar-refractivity contribution in [2.24, 2.45) is 0 Å². The molecular weight excluding hydrogens is 418 g/mol. The zero-order valence-electron chi connectivity index (χ0n) is 15.1. The SMILES string of the molecule is O=C1NC(=O)c2cc(S(=O)(=O)Nc3cc(Cl)ccc3C(=O)N3CCCC3)ccc21. The molecule has 0 saturated carbocycles. The lowest BCUT2D eigenvalue weighted by Crippen LogP contribution is -2.29. The number of imide groups is 1. The molecular formula is C19H16ClN3O5S. The number of halogens is 1. The quantitative estimate of drug-likeness (QED) is 0.718. The van der Waals surface area contributed by atoms with E-state index < -0.39 is 21.8 Å². The molecule has 2 aromatic rings. The van der Waals surface area contributed by atoms with Crippen molar-refractivity contribution < 1.29 is 22.8 Å². The van der Waals surface area contributed by atoms with Gasteiger partial charge < -0.3 is 4.90 Å². The number of amides is 3. The van der Waals surface area contributed by atoms with Crippen molar-refractivity contribution in [2.45, 2.75) is 17.7 Å². The fourth-order valence-corrected chi connectivity index (χ4v) is 4.66. The standard InChI is InChI=1S/C19H16ClN3O5S/c20-11-3-5-14(19(26)23-7-1-2-8-23)16(9-11)22-29(27,28)12-4-6-13-15(10-12)18(25)21-17(13)24/h3-6,9-10,22H,1-2,7-8H2,(H,21,24,25). The Hall–Kier alpha value is -2.91. The summed E-state index contributed by atoms with van der Waals surface area (Å²) in [6.45, 7) is 1.23. The summed E-state index contributed by atoms with van der Waals surface area (Å²) in [5.74, 6) is -1.51. The van der Waals surface area contributed by atoms with E-state index >= 15 is 0 Å². The highest BCUT2D eigenvalue weighted by Gasteiger charge is 2.30. The normalized spacial score (nSPS) is 16.0. The van der Waals surface area contributed by atoms with E-state index in [0.717, 1.165) is 18.9 Å². The van der Waals surface area contributed by atoms with E-state index in [1.807, 2.05) is 0 Å². The van der Waals surface area contributed by atoms with Crippen molar-refractivity contribution in [2.75, 3.05) is 17.8 Å². The molecule has 0 atom stereocenters. The van der Waals surface area contributed by atoms with Crippen LogP contribution in [0.5, 0.6) is 0 Å². The average molecular weight is 434 g/mol. The maximum Gasteiger partial charge on any atom is 0.261 e. The van der Waals surface area contributed by atoms with Crippen LogP contribution < -0.4 is 10.0 Å². The molecule has 0 radical (unpaired) electrons. The maximum atomic E-state index is 12.9. The molecule has 8 nitrogen and oxygen atoms in total. The molecule has 0 unspecified atom stereocenters. The lowest BCUT2D eigenvalue weighted by molar-refractivity contribution is 0.0792. The molecule has 150 valence electrons. The van der Waals surface area contributed by atoms with E-state index in [0.29, 0.717) is 13.1 Å². The lowest BCUT2D eigenvalue weighted by atomic mass is 10.1. The topological polar surface area (TPSA) is 113 Å². The van der Waals surface area contributed by atoms with Crippen molar-refractivity contribution in [3.05, 3.63) is 58.1 Å². The second kappa shape index (κ2) is 7.16. The van der Waals surface area contributed by atoms with Gasteiger partial charge >= 0.3 is 0 Å². The van der Waals surface area contributed by atoms with Crippen molar-refractivity contribution in [3.63, 3.8) is 0 Å². The van der Waals surface area contributed by atoms with Crippen LogP contribution in [0.1, 0.15) is 43.9 Å². The molecule has 0 aromatic heterocycles. The summed E-state index contributed by atoms with van der Waals surface area (Å²) in [7, 11) is -4.14. The van der Waals surface area contributed by atoms with Gasteiger partial charge in [-0.25, -0.2) is 8.42 Å². The van der Waals surface area contributed by atoms with E-state index in [1.54, 1.807) is 4.90 Å². The van der Waals surface area contributed by atoms with Crippen LogP contribution >= 0.6 is 11.6 Å². The zero-order valence-corrected chi connectivity index (χ0v) is 16.6. The second-order valence-corrected chi connectivity index (χ2v) is 8.90. The fraction of sp³-hybridized carbons (Fsp3) is 0.211. The van der Waals surface area contributed by atoms with Crippen LogP contribution in [-0.2, 0) is 10.0 Å². The van der Waals surface area contributed by atoms with Gasteiger partial charge in [0.2, 0.25) is 0 Å². The molecule has 29 heavy (non-hydrogen) atoms. The van der Waals surface area contributed by atoms with Gasteiger partial charge in [0.1, 0.15) is 0 Å². The molecule has 2 aliphatic heterocycles. The number of carbonyl (C=O) groups excluding carboxylic acids is 3. The number of likely N-dealkylation sites (tertiary alicyclic amines) is 1. The molecule has 10 heteroatoms. The average Bonchev–Trinajstić information content (AvgIpc) is 3.30. The Morgan fingerprint density at radius 2 is 1.69 bits per heavy atom. The van der Waals surface area contributed by atoms with Crippen molar-refractivity contribution in [1.82, 2.24) is 10.2 Å². The minimum Gasteiger partial charge on any atom is -0.339 e. The maximum absolute atomic E-state index is 12.9. The summed E-state index contributed by atoms with van der Waals surface area (Å²) >= 11 is 6.02. The number of fused-ring (bicyclic) bond motifs is 1. The summed E-state index contributed by atoms with van der Waals surface area (Å²) in [4.78, 5) is 37.7. The first kappa shape index (κ1) is 19.4. The van der Waals surface area contributed by atoms with Gasteiger partial charge in [-0.1, -0.05) is 11.6 Å². The van der Waals surface area contributed by atoms with Crippen LogP contribution in [0, 0.1) is 0 Å². The van der Waals surface area contributed by atoms with E-state index in [9.17, 15) is 22.8 Å². The van der Waals surface area contributed by atoms with Gasteiger partial charge in [-0.2, -0.15) is 0 Å². The summed E-state index contributed by atoms with van der Waals surface area (Å²) in [5, 5.41) is 2.38. The summed E-state index contributed by atoms with van der Waals surface area (Å²) in [6.07, 6.45) is 1.80. The molecule has 1 fully saturated rings. The Morgan fingerprint density at radius 3 is 2.41 bits per heavy atom. The molecule has 2 aromatic carbocycles. The minimum atomic E-state index is -4.14. The highest BCUT2D eigenvalue weighted by atomic mass is 35.5. The molecule has 0 aliphatic carbocycles. The van der Waals surface area contributed by atoms with Gasteiger partial charge in [0.25, 0.3) is 27.7 Å². The Morgan fingerprint density at radius 1 is 1.00 bits per heavy atom. The molecule has 1 saturated heterocycles. The molecule has 0 bridgehead atoms. The predicted octanol–water partition coefficient (Wildman–Crippen LogP) is 2.26. The van der Waals surface area contributed by atoms with Gasteiger partial charge in [0.15, 0.2) is 0 Å². The first-order chi connectivity index (χ1) is 13.8. The Balaban J connectivity index is 1.69. The number of hydrogen-bond donors (Lipinski definition) is 2. The number of sulfonamides is 1. The van der Waals surface area contributed by atoms with Crippen molar-refractivity contribution in [1.29, 1.82) is 0 Å². The number of nitrogens with zero attached hydrogens (tertiary/aromatic N) is 1. The van der Waals surface area contributed by atoms with Crippen LogP contribution in [0.4, 0.5) is 5.69 Å². The van der Waals surface area contributed by atoms with Gasteiger partial charge in [-0.3, -0.25) is 24.4 Å². The van der Waals surface area contributed by atoms with Gasteiger partial charge in [-0.15, -0.1) is 0 Å². The number of nitrogens with one attached hydrogen (secondary N) is 2. The molecule has 0 spiro atoms. The molecule has 4 rings (SSSR count). The third-order valence-corrected chi connectivity index (χ3v) is 6.47. The van der Waals surface area contributed by atoms with Crippen molar-refractivity contribution in [3.8, 4) is 0 Å². The van der Waals surface area contributed by atoms with Crippen LogP contribution in [0.25, 0.3) is 0 Å². The summed E-state index contributed by atoms with van der Waals surface area (Å²) in [5.41, 5.74) is 0.336. The van der Waals surface area contributed by atoms with Crippen LogP contribution in [0.15, 0.2) is 41.3 Å². The number of carbonyl (C=O) groups is 3. The minimum absolute atomic E-state index is 0.0164. The Bertz CT molecular complexity index is 1160. The van der Waals surface area contributed by atoms with Crippen LogP contribution in [0.3, 0.4) is 0 Å². The molecule has 2 aliphatic rings. The monoisotopic (exact) mass is 433 g/mol. The van der Waals surface area contributed by atoms with Crippen molar-refractivity contribution >= 4 is 45.0 Å². The van der Waals surface area contributed by atoms with E-state index in [2.05, 4.69) is 10.0 Å². The summed E-state index contributed by atoms with van der Waals surface area (Å²) < 4.78 is 28.2. The van der Waals surface area contributed by atoms with Gasteiger partial charge in [-0.05, 0) is 49.2 Å². The number of hydrogen-bond acceptors (Lipinski definition) is 5. The largest absolute Gasteiger partial charge is 0.339 e. The summed E-state index contributed by atoms with van der Waals surface area (Å²) in [6, 6.07) is 8.00. The van der Waals surface area contributed by atoms with Gasteiger partial charge in [0.05, 0.1) is 27.3 Å². The third-order valence-electron chi connectivity index (χ3n) is 4.87. The van der Waals surface area contributed by atoms with E-state index in [1.165, 1.54) is 30.3 Å². The third kappa shape index (κ3) is 3.58. The first-order valence-electron chi connectivity index (χ1n) is 8.88. The first-order valence-corrected chi connectivity index (χ1v) is 10.7. The van der Waals surface area contributed by atoms with Crippen LogP contribution in [-0.4, -0.2) is 44.1 Å². The number of benzene rings is 2. The predicted molar refractivity (Wildman–Crippen MR) is 106 cm³/mol. The Kier molecular flexibility index (Phi) is 4.79. The fourth-order valence-electron chi connectivity index (χ4n) is 3.40. The highest BCUT2D eigenvalue weighted by molar-refractivity contribution is 7.92. The zero-order chi connectivity index (χ0) is 20.8. The lowest BCUT2D eigenvalue weighted by Gasteiger charge is -2.18.